The summed E-state index contributed by atoms with van der Waals surface area (Å²) >= 11 is 0. The summed E-state index contributed by atoms with van der Waals surface area (Å²) in [7, 11) is 0. The highest BCUT2D eigenvalue weighted by Gasteiger charge is 2.28. The minimum absolute atomic E-state index is 0.0122. The lowest BCUT2D eigenvalue weighted by molar-refractivity contribution is -0.126. The van der Waals surface area contributed by atoms with E-state index in [1.54, 1.807) is 11.8 Å². The number of piperidine rings is 1. The van der Waals surface area contributed by atoms with Gasteiger partial charge < -0.3 is 15.3 Å². The fourth-order valence-corrected chi connectivity index (χ4v) is 3.39. The molecule has 1 aliphatic heterocycles. The van der Waals surface area contributed by atoms with E-state index < -0.39 is 6.10 Å². The van der Waals surface area contributed by atoms with Crippen molar-refractivity contribution >= 4 is 11.8 Å². The number of hydrogen-bond donors (Lipinski definition) is 2. The average Bonchev–Trinajstić information content (AvgIpc) is 2.72. The normalized spacial score (nSPS) is 18.0. The van der Waals surface area contributed by atoms with E-state index in [9.17, 15) is 14.7 Å². The zero-order chi connectivity index (χ0) is 19.2. The molecule has 0 saturated carbocycles. The first-order valence-corrected chi connectivity index (χ1v) is 9.43. The number of aliphatic hydroxyl groups is 1. The van der Waals surface area contributed by atoms with E-state index in [1.807, 2.05) is 54.6 Å². The Morgan fingerprint density at radius 1 is 1.15 bits per heavy atom. The summed E-state index contributed by atoms with van der Waals surface area (Å²) in [6.07, 6.45) is 1.13. The summed E-state index contributed by atoms with van der Waals surface area (Å²) in [5.41, 5.74) is 2.50. The van der Waals surface area contributed by atoms with Gasteiger partial charge in [0.25, 0.3) is 5.91 Å². The van der Waals surface area contributed by atoms with Crippen molar-refractivity contribution in [2.24, 2.45) is 5.92 Å². The van der Waals surface area contributed by atoms with Crippen molar-refractivity contribution in [3.63, 3.8) is 0 Å². The molecule has 3 rings (SSSR count). The number of nitrogens with one attached hydrogen (secondary N) is 1. The van der Waals surface area contributed by atoms with E-state index in [4.69, 9.17) is 0 Å². The third-order valence-corrected chi connectivity index (χ3v) is 5.03. The van der Waals surface area contributed by atoms with Crippen molar-refractivity contribution < 1.29 is 14.7 Å². The molecule has 2 atom stereocenters. The fourth-order valence-electron chi connectivity index (χ4n) is 3.39. The monoisotopic (exact) mass is 366 g/mol. The van der Waals surface area contributed by atoms with Crippen LogP contribution in [-0.2, 0) is 11.3 Å². The Balaban J connectivity index is 1.54. The van der Waals surface area contributed by atoms with E-state index >= 15 is 0 Å². The van der Waals surface area contributed by atoms with Crippen LogP contribution in [0.3, 0.4) is 0 Å². The van der Waals surface area contributed by atoms with Crippen molar-refractivity contribution in [1.29, 1.82) is 0 Å². The molecule has 0 aliphatic carbocycles. The third-order valence-electron chi connectivity index (χ3n) is 5.03. The van der Waals surface area contributed by atoms with Crippen molar-refractivity contribution in [3.8, 4) is 0 Å². The molecule has 2 aromatic rings. The van der Waals surface area contributed by atoms with Crippen LogP contribution in [0.25, 0.3) is 0 Å². The molecule has 27 heavy (non-hydrogen) atoms. The minimum atomic E-state index is -0.496. The second-order valence-electron chi connectivity index (χ2n) is 7.09. The molecule has 0 bridgehead atoms. The van der Waals surface area contributed by atoms with Crippen molar-refractivity contribution in [1.82, 2.24) is 10.2 Å². The molecule has 0 radical (unpaired) electrons. The molecule has 2 N–H and O–H groups in total. The van der Waals surface area contributed by atoms with Gasteiger partial charge in [-0.3, -0.25) is 9.59 Å². The molecule has 0 spiro atoms. The highest BCUT2D eigenvalue weighted by molar-refractivity contribution is 5.94. The van der Waals surface area contributed by atoms with Crippen LogP contribution in [0.4, 0.5) is 0 Å². The predicted octanol–water partition coefficient (Wildman–Crippen LogP) is 2.91. The zero-order valence-electron chi connectivity index (χ0n) is 15.6. The van der Waals surface area contributed by atoms with Gasteiger partial charge in [-0.2, -0.15) is 0 Å². The van der Waals surface area contributed by atoms with Crippen LogP contribution in [0.5, 0.6) is 0 Å². The lowest BCUT2D eigenvalue weighted by Crippen LogP contribution is -2.45. The SMILES string of the molecule is CC(O)c1ccc(CNC(=O)C2CCCN(C(=O)c3ccccc3)C2)cc1. The average molecular weight is 366 g/mol. The maximum atomic E-state index is 12.6. The Hall–Kier alpha value is -2.66. The summed E-state index contributed by atoms with van der Waals surface area (Å²) < 4.78 is 0. The number of carbonyl (C=O) groups excluding carboxylic acids is 2. The van der Waals surface area contributed by atoms with Gasteiger partial charge >= 0.3 is 0 Å². The molecule has 1 saturated heterocycles. The molecule has 5 nitrogen and oxygen atoms in total. The molecule has 2 amide bonds. The quantitative estimate of drug-likeness (QED) is 0.855. The summed E-state index contributed by atoms with van der Waals surface area (Å²) in [5.74, 6) is -0.204. The molecule has 1 heterocycles. The van der Waals surface area contributed by atoms with Gasteiger partial charge in [0, 0.05) is 25.2 Å². The van der Waals surface area contributed by atoms with Gasteiger partial charge in [-0.15, -0.1) is 0 Å². The van der Waals surface area contributed by atoms with Gasteiger partial charge in [0.2, 0.25) is 5.91 Å². The second-order valence-corrected chi connectivity index (χ2v) is 7.09. The Kier molecular flexibility index (Phi) is 6.24. The van der Waals surface area contributed by atoms with Crippen molar-refractivity contribution in [3.05, 3.63) is 71.3 Å². The molecule has 2 aromatic carbocycles. The Morgan fingerprint density at radius 2 is 1.85 bits per heavy atom. The molecule has 1 aliphatic rings. The van der Waals surface area contributed by atoms with E-state index in [0.29, 0.717) is 25.2 Å². The van der Waals surface area contributed by atoms with Gasteiger partial charge in [-0.25, -0.2) is 0 Å². The fraction of sp³-hybridized carbons (Fsp3) is 0.364. The molecular formula is C22H26N2O3. The van der Waals surface area contributed by atoms with Gasteiger partial charge in [-0.1, -0.05) is 42.5 Å². The number of amides is 2. The van der Waals surface area contributed by atoms with Gasteiger partial charge in [0.05, 0.1) is 12.0 Å². The second kappa shape index (κ2) is 8.82. The number of carbonyl (C=O) groups is 2. The van der Waals surface area contributed by atoms with Gasteiger partial charge in [0.1, 0.15) is 0 Å². The largest absolute Gasteiger partial charge is 0.389 e. The van der Waals surface area contributed by atoms with E-state index in [0.717, 1.165) is 24.0 Å². The third kappa shape index (κ3) is 4.95. The first-order valence-electron chi connectivity index (χ1n) is 9.43. The lowest BCUT2D eigenvalue weighted by atomic mass is 9.96. The van der Waals surface area contributed by atoms with Crippen LogP contribution in [-0.4, -0.2) is 34.9 Å². The molecule has 0 aromatic heterocycles. The molecule has 1 fully saturated rings. The first kappa shape index (κ1) is 19.1. The van der Waals surface area contributed by atoms with Crippen LogP contribution in [0.15, 0.2) is 54.6 Å². The number of aliphatic hydroxyl groups excluding tert-OH is 1. The number of benzene rings is 2. The van der Waals surface area contributed by atoms with Crippen LogP contribution in [0, 0.1) is 5.92 Å². The Morgan fingerprint density at radius 3 is 2.52 bits per heavy atom. The number of nitrogens with zero attached hydrogens (tertiary/aromatic N) is 1. The zero-order valence-corrected chi connectivity index (χ0v) is 15.6. The maximum Gasteiger partial charge on any atom is 0.253 e. The van der Waals surface area contributed by atoms with Crippen molar-refractivity contribution in [2.75, 3.05) is 13.1 Å². The lowest BCUT2D eigenvalue weighted by Gasteiger charge is -2.32. The van der Waals surface area contributed by atoms with Crippen molar-refractivity contribution in [2.45, 2.75) is 32.4 Å². The standard InChI is InChI=1S/C22H26N2O3/c1-16(25)18-11-9-17(10-12-18)14-23-21(26)20-8-5-13-24(15-20)22(27)19-6-3-2-4-7-19/h2-4,6-7,9-12,16,20,25H,5,8,13-15H2,1H3,(H,23,26). The molecule has 2 unspecified atom stereocenters. The predicted molar refractivity (Wildman–Crippen MR) is 104 cm³/mol. The van der Waals surface area contributed by atoms with E-state index in [-0.39, 0.29) is 17.7 Å². The van der Waals surface area contributed by atoms with Gasteiger partial charge in [0.15, 0.2) is 0 Å². The minimum Gasteiger partial charge on any atom is -0.389 e. The molecule has 142 valence electrons. The van der Waals surface area contributed by atoms with Crippen LogP contribution in [0.2, 0.25) is 0 Å². The molecule has 5 heteroatoms. The maximum absolute atomic E-state index is 12.6. The Bertz CT molecular complexity index is 772. The smallest absolute Gasteiger partial charge is 0.253 e. The summed E-state index contributed by atoms with van der Waals surface area (Å²) in [6, 6.07) is 16.8. The van der Waals surface area contributed by atoms with Gasteiger partial charge in [-0.05, 0) is 43.0 Å². The Labute approximate surface area is 160 Å². The summed E-state index contributed by atoms with van der Waals surface area (Å²) in [6.45, 7) is 3.32. The summed E-state index contributed by atoms with van der Waals surface area (Å²) in [4.78, 5) is 26.9. The highest BCUT2D eigenvalue weighted by Crippen LogP contribution is 2.19. The first-order chi connectivity index (χ1) is 13.0. The molecular weight excluding hydrogens is 340 g/mol. The number of rotatable bonds is 5. The summed E-state index contributed by atoms with van der Waals surface area (Å²) in [5, 5.41) is 12.5. The van der Waals surface area contributed by atoms with Crippen LogP contribution < -0.4 is 5.32 Å². The number of hydrogen-bond acceptors (Lipinski definition) is 3. The highest BCUT2D eigenvalue weighted by atomic mass is 16.3. The van der Waals surface area contributed by atoms with Crippen LogP contribution in [0.1, 0.15) is 47.4 Å². The van der Waals surface area contributed by atoms with E-state index in [1.165, 1.54) is 0 Å². The van der Waals surface area contributed by atoms with Crippen LogP contribution >= 0.6 is 0 Å². The number of likely N-dealkylation sites (tertiary alicyclic amines) is 1. The van der Waals surface area contributed by atoms with E-state index in [2.05, 4.69) is 5.32 Å². The topological polar surface area (TPSA) is 69.6 Å².